The van der Waals surface area contributed by atoms with E-state index in [4.69, 9.17) is 4.74 Å². The van der Waals surface area contributed by atoms with Crippen molar-refractivity contribution in [1.29, 1.82) is 0 Å². The average Bonchev–Trinajstić information content (AvgIpc) is 2.63. The van der Waals surface area contributed by atoms with E-state index in [1.54, 1.807) is 12.1 Å². The summed E-state index contributed by atoms with van der Waals surface area (Å²) in [6, 6.07) is 12.8. The van der Waals surface area contributed by atoms with Gasteiger partial charge in [-0.1, -0.05) is 18.2 Å². The first-order chi connectivity index (χ1) is 12.1. The van der Waals surface area contributed by atoms with Gasteiger partial charge in [0.15, 0.2) is 0 Å². The second-order valence-electron chi connectivity index (χ2n) is 5.96. The molecular weight excluding hydrogens is 321 g/mol. The molecule has 1 saturated heterocycles. The van der Waals surface area contributed by atoms with Crippen molar-refractivity contribution in [2.45, 2.75) is 13.5 Å². The molecule has 0 radical (unpaired) electrons. The number of nitrogens with zero attached hydrogens (tertiary/aromatic N) is 1. The number of halogens is 1. The first-order valence-corrected chi connectivity index (χ1v) is 8.35. The van der Waals surface area contributed by atoms with Crippen LogP contribution in [0.2, 0.25) is 0 Å². The molecule has 3 rings (SSSR count). The summed E-state index contributed by atoms with van der Waals surface area (Å²) in [4.78, 5) is 13.5. The first kappa shape index (κ1) is 17.2. The van der Waals surface area contributed by atoms with Gasteiger partial charge in [-0.2, -0.15) is 0 Å². The highest BCUT2D eigenvalue weighted by Crippen LogP contribution is 2.24. The van der Waals surface area contributed by atoms with Crippen LogP contribution in [0.4, 0.5) is 21.5 Å². The van der Waals surface area contributed by atoms with Crippen molar-refractivity contribution in [2.24, 2.45) is 0 Å². The molecule has 2 N–H and O–H groups in total. The second kappa shape index (κ2) is 7.98. The number of para-hydroxylation sites is 1. The fourth-order valence-corrected chi connectivity index (χ4v) is 2.89. The van der Waals surface area contributed by atoms with E-state index in [0.29, 0.717) is 6.54 Å². The van der Waals surface area contributed by atoms with Crippen LogP contribution in [-0.4, -0.2) is 32.2 Å². The van der Waals surface area contributed by atoms with Gasteiger partial charge in [0, 0.05) is 37.9 Å². The molecule has 0 atom stereocenters. The zero-order valence-corrected chi connectivity index (χ0v) is 14.2. The summed E-state index contributed by atoms with van der Waals surface area (Å²) in [5.41, 5.74) is 3.28. The molecule has 1 amide bonds. The van der Waals surface area contributed by atoms with Crippen LogP contribution in [0.15, 0.2) is 42.5 Å². The Labute approximate surface area is 146 Å². The number of morpholine rings is 1. The molecule has 0 bridgehead atoms. The van der Waals surface area contributed by atoms with E-state index in [1.807, 2.05) is 12.1 Å². The maximum Gasteiger partial charge on any atom is 0.221 e. The zero-order chi connectivity index (χ0) is 17.6. The second-order valence-corrected chi connectivity index (χ2v) is 5.96. The number of ether oxygens (including phenoxy) is 1. The van der Waals surface area contributed by atoms with Crippen LogP contribution in [0, 0.1) is 5.82 Å². The lowest BCUT2D eigenvalue weighted by atomic mass is 10.1. The number of hydrogen-bond donors (Lipinski definition) is 2. The largest absolute Gasteiger partial charge is 0.381 e. The first-order valence-electron chi connectivity index (χ1n) is 8.35. The molecule has 1 fully saturated rings. The van der Waals surface area contributed by atoms with Crippen LogP contribution in [0.1, 0.15) is 12.5 Å². The molecule has 1 aliphatic rings. The number of anilines is 3. The number of amides is 1. The molecule has 1 aliphatic heterocycles. The predicted octanol–water partition coefficient (Wildman–Crippen LogP) is 3.23. The van der Waals surface area contributed by atoms with Gasteiger partial charge in [-0.15, -0.1) is 0 Å². The van der Waals surface area contributed by atoms with Gasteiger partial charge in [-0.05, 0) is 29.8 Å². The molecular formula is C19H22FN3O2. The minimum Gasteiger partial charge on any atom is -0.381 e. The van der Waals surface area contributed by atoms with Gasteiger partial charge >= 0.3 is 0 Å². The zero-order valence-electron chi connectivity index (χ0n) is 14.2. The van der Waals surface area contributed by atoms with E-state index in [9.17, 15) is 9.18 Å². The summed E-state index contributed by atoms with van der Waals surface area (Å²) in [5, 5.41) is 5.80. The molecule has 25 heavy (non-hydrogen) atoms. The smallest absolute Gasteiger partial charge is 0.221 e. The highest BCUT2D eigenvalue weighted by atomic mass is 19.1. The molecule has 2 aromatic carbocycles. The number of carbonyl (C=O) groups excluding carboxylic acids is 1. The molecule has 2 aromatic rings. The Bertz CT molecular complexity index is 745. The van der Waals surface area contributed by atoms with E-state index >= 15 is 0 Å². The predicted molar refractivity (Wildman–Crippen MR) is 97.5 cm³/mol. The Kier molecular flexibility index (Phi) is 5.50. The van der Waals surface area contributed by atoms with E-state index in [-0.39, 0.29) is 11.6 Å². The lowest BCUT2D eigenvalue weighted by Gasteiger charge is -2.30. The summed E-state index contributed by atoms with van der Waals surface area (Å²) in [5.74, 6) is -0.747. The number of benzene rings is 2. The van der Waals surface area contributed by atoms with Gasteiger partial charge in [0.25, 0.3) is 0 Å². The van der Waals surface area contributed by atoms with Crippen molar-refractivity contribution in [1.82, 2.24) is 0 Å². The van der Waals surface area contributed by atoms with E-state index in [2.05, 4.69) is 27.7 Å². The highest BCUT2D eigenvalue weighted by Gasteiger charge is 2.14. The molecule has 132 valence electrons. The van der Waals surface area contributed by atoms with E-state index < -0.39 is 5.82 Å². The van der Waals surface area contributed by atoms with Crippen molar-refractivity contribution in [3.63, 3.8) is 0 Å². The molecule has 0 aliphatic carbocycles. The third kappa shape index (κ3) is 4.48. The Hall–Kier alpha value is -2.60. The maximum absolute atomic E-state index is 13.7. The Morgan fingerprint density at radius 1 is 1.20 bits per heavy atom. The van der Waals surface area contributed by atoms with Crippen molar-refractivity contribution in [3.05, 3.63) is 53.8 Å². The monoisotopic (exact) mass is 343 g/mol. The van der Waals surface area contributed by atoms with E-state index in [1.165, 1.54) is 18.7 Å². The third-order valence-electron chi connectivity index (χ3n) is 4.10. The van der Waals surface area contributed by atoms with Crippen LogP contribution in [0.3, 0.4) is 0 Å². The highest BCUT2D eigenvalue weighted by molar-refractivity contribution is 5.89. The molecule has 0 spiro atoms. The molecule has 0 aromatic heterocycles. The van der Waals surface area contributed by atoms with Gasteiger partial charge in [0.1, 0.15) is 5.82 Å². The minimum atomic E-state index is -0.450. The van der Waals surface area contributed by atoms with Gasteiger partial charge in [-0.3, -0.25) is 4.79 Å². The van der Waals surface area contributed by atoms with Crippen LogP contribution >= 0.6 is 0 Å². The number of carbonyl (C=O) groups is 1. The van der Waals surface area contributed by atoms with Crippen molar-refractivity contribution in [3.8, 4) is 0 Å². The third-order valence-corrected chi connectivity index (χ3v) is 4.10. The SMILES string of the molecule is CC(=O)Nc1cc(NCc2ccccc2N2CCOCC2)ccc1F. The van der Waals surface area contributed by atoms with Crippen molar-refractivity contribution >= 4 is 23.0 Å². The minimum absolute atomic E-state index is 0.180. The van der Waals surface area contributed by atoms with E-state index in [0.717, 1.165) is 37.6 Å². The van der Waals surface area contributed by atoms with Gasteiger partial charge < -0.3 is 20.3 Å². The van der Waals surface area contributed by atoms with Crippen LogP contribution < -0.4 is 15.5 Å². The van der Waals surface area contributed by atoms with Crippen molar-refractivity contribution < 1.29 is 13.9 Å². The van der Waals surface area contributed by atoms with Gasteiger partial charge in [0.2, 0.25) is 5.91 Å². The summed E-state index contributed by atoms with van der Waals surface area (Å²) >= 11 is 0. The normalized spacial score (nSPS) is 14.2. The average molecular weight is 343 g/mol. The Balaban J connectivity index is 1.72. The molecule has 6 heteroatoms. The van der Waals surface area contributed by atoms with Gasteiger partial charge in [0.05, 0.1) is 18.9 Å². The summed E-state index contributed by atoms with van der Waals surface area (Å²) < 4.78 is 19.2. The quantitative estimate of drug-likeness (QED) is 0.875. The maximum atomic E-state index is 13.7. The topological polar surface area (TPSA) is 53.6 Å². The summed E-state index contributed by atoms with van der Waals surface area (Å²) in [7, 11) is 0. The standard InChI is InChI=1S/C19H22FN3O2/c1-14(24)22-18-12-16(6-7-17(18)20)21-13-15-4-2-3-5-19(15)23-8-10-25-11-9-23/h2-7,12,21H,8-11,13H2,1H3,(H,22,24). The number of nitrogens with one attached hydrogen (secondary N) is 2. The van der Waals surface area contributed by atoms with Crippen LogP contribution in [-0.2, 0) is 16.1 Å². The van der Waals surface area contributed by atoms with Gasteiger partial charge in [-0.25, -0.2) is 4.39 Å². The lowest BCUT2D eigenvalue weighted by Crippen LogP contribution is -2.36. The molecule has 0 unspecified atom stereocenters. The van der Waals surface area contributed by atoms with Crippen molar-refractivity contribution in [2.75, 3.05) is 41.8 Å². The Morgan fingerprint density at radius 3 is 2.72 bits per heavy atom. The fourth-order valence-electron chi connectivity index (χ4n) is 2.89. The molecule has 0 saturated carbocycles. The van der Waals surface area contributed by atoms with Crippen LogP contribution in [0.5, 0.6) is 0 Å². The fraction of sp³-hybridized carbons (Fsp3) is 0.316. The lowest BCUT2D eigenvalue weighted by molar-refractivity contribution is -0.114. The van der Waals surface area contributed by atoms with Crippen LogP contribution in [0.25, 0.3) is 0 Å². The summed E-state index contributed by atoms with van der Waals surface area (Å²) in [6.45, 7) is 5.19. The molecule has 5 nitrogen and oxygen atoms in total. The Morgan fingerprint density at radius 2 is 1.96 bits per heavy atom. The number of hydrogen-bond acceptors (Lipinski definition) is 4. The molecule has 1 heterocycles. The summed E-state index contributed by atoms with van der Waals surface area (Å²) in [6.07, 6.45) is 0. The number of rotatable bonds is 5.